The molecule has 1 aliphatic heterocycles. The predicted octanol–water partition coefficient (Wildman–Crippen LogP) is 4.72. The van der Waals surface area contributed by atoms with Crippen LogP contribution < -0.4 is 0 Å². The maximum atomic E-state index is 12.8. The minimum Gasteiger partial charge on any atom is -0.294 e. The average molecular weight is 329 g/mol. The summed E-state index contributed by atoms with van der Waals surface area (Å²) < 4.78 is 0. The quantitative estimate of drug-likeness (QED) is 0.704. The monoisotopic (exact) mass is 329 g/mol. The first-order valence-corrected chi connectivity index (χ1v) is 8.49. The molecule has 0 saturated heterocycles. The summed E-state index contributed by atoms with van der Waals surface area (Å²) in [6.07, 6.45) is 3.95. The molecule has 0 bridgehead atoms. The Morgan fingerprint density at radius 1 is 1.12 bits per heavy atom. The minimum atomic E-state index is 0.0876. The molecule has 0 aliphatic carbocycles. The van der Waals surface area contributed by atoms with Crippen LogP contribution in [0.5, 0.6) is 0 Å². The number of allylic oxidation sites excluding steroid dienone is 2. The van der Waals surface area contributed by atoms with E-state index in [1.54, 1.807) is 0 Å². The van der Waals surface area contributed by atoms with Gasteiger partial charge in [0, 0.05) is 23.0 Å². The van der Waals surface area contributed by atoms with Crippen molar-refractivity contribution in [1.82, 2.24) is 10.2 Å². The smallest absolute Gasteiger partial charge is 0.168 e. The second-order valence-corrected chi connectivity index (χ2v) is 6.37. The fraction of sp³-hybridized carbons (Fsp3) is 0.190. The van der Waals surface area contributed by atoms with Crippen molar-refractivity contribution in [2.45, 2.75) is 26.2 Å². The molecule has 25 heavy (non-hydrogen) atoms. The van der Waals surface area contributed by atoms with Gasteiger partial charge in [0.15, 0.2) is 5.78 Å². The Labute approximate surface area is 146 Å². The van der Waals surface area contributed by atoms with Crippen LogP contribution in [0.1, 0.15) is 41.0 Å². The number of carbonyl (C=O) groups excluding carboxylic acids is 1. The zero-order valence-electron chi connectivity index (χ0n) is 14.1. The normalized spacial score (nSPS) is 14.3. The van der Waals surface area contributed by atoms with Gasteiger partial charge in [0.2, 0.25) is 0 Å². The van der Waals surface area contributed by atoms with Crippen LogP contribution in [0.2, 0.25) is 0 Å². The lowest BCUT2D eigenvalue weighted by molar-refractivity contribution is 0.0993. The Balaban J connectivity index is 1.65. The third kappa shape index (κ3) is 3.15. The summed E-state index contributed by atoms with van der Waals surface area (Å²) in [5.74, 6) is 0.0876. The van der Waals surface area contributed by atoms with E-state index >= 15 is 0 Å². The van der Waals surface area contributed by atoms with E-state index in [0.29, 0.717) is 6.42 Å². The molecule has 1 N–H and O–H groups in total. The number of aryl methyl sites for hydroxylation is 1. The number of rotatable bonds is 4. The van der Waals surface area contributed by atoms with Crippen molar-refractivity contribution in [2.75, 3.05) is 0 Å². The number of aromatic nitrogens is 2. The van der Waals surface area contributed by atoms with Crippen LogP contribution in [0.4, 0.5) is 0 Å². The molecule has 0 radical (unpaired) electrons. The number of hydrogen-bond donors (Lipinski definition) is 1. The molecule has 0 fully saturated rings. The Kier molecular flexibility index (Phi) is 4.02. The van der Waals surface area contributed by atoms with E-state index < -0.39 is 0 Å². The second kappa shape index (κ2) is 6.48. The van der Waals surface area contributed by atoms with Crippen molar-refractivity contribution >= 4 is 28.3 Å². The standard InChI is InChI=1S/C21H19N3O/c1-14-11-20(24-23-14)18-7-4-10-22-19(18)13-21(25)17-9-8-15-5-2-3-6-16(15)12-17/h2-3,5-6,8-12H,4,7,13H2,1H3,(H,23,24). The van der Waals surface area contributed by atoms with Crippen molar-refractivity contribution in [3.8, 4) is 0 Å². The number of nitrogens with zero attached hydrogens (tertiary/aromatic N) is 2. The Morgan fingerprint density at radius 2 is 1.96 bits per heavy atom. The van der Waals surface area contributed by atoms with Gasteiger partial charge in [0.05, 0.1) is 17.8 Å². The third-order valence-corrected chi connectivity index (χ3v) is 4.53. The van der Waals surface area contributed by atoms with Crippen LogP contribution in [0.25, 0.3) is 16.3 Å². The van der Waals surface area contributed by atoms with Gasteiger partial charge in [-0.1, -0.05) is 36.4 Å². The first-order chi connectivity index (χ1) is 12.2. The lowest BCUT2D eigenvalue weighted by atomic mass is 9.96. The van der Waals surface area contributed by atoms with Gasteiger partial charge in [0.1, 0.15) is 0 Å². The number of hydrogen-bond acceptors (Lipinski definition) is 3. The molecule has 0 spiro atoms. The molecule has 1 aliphatic rings. The highest BCUT2D eigenvalue weighted by Gasteiger charge is 2.18. The highest BCUT2D eigenvalue weighted by atomic mass is 16.1. The Morgan fingerprint density at radius 3 is 2.76 bits per heavy atom. The van der Waals surface area contributed by atoms with Gasteiger partial charge in [-0.15, -0.1) is 0 Å². The van der Waals surface area contributed by atoms with Crippen LogP contribution in [-0.2, 0) is 0 Å². The molecule has 124 valence electrons. The number of benzene rings is 2. The topological polar surface area (TPSA) is 58.1 Å². The number of aromatic amines is 1. The zero-order valence-corrected chi connectivity index (χ0v) is 14.1. The van der Waals surface area contributed by atoms with Crippen LogP contribution in [0, 0.1) is 6.92 Å². The largest absolute Gasteiger partial charge is 0.294 e. The fourth-order valence-electron chi connectivity index (χ4n) is 3.22. The lowest BCUT2D eigenvalue weighted by Crippen LogP contribution is -2.05. The van der Waals surface area contributed by atoms with Crippen LogP contribution in [0.3, 0.4) is 0 Å². The molecule has 3 aromatic rings. The van der Waals surface area contributed by atoms with Crippen molar-refractivity contribution in [3.63, 3.8) is 0 Å². The van der Waals surface area contributed by atoms with Crippen molar-refractivity contribution < 1.29 is 4.79 Å². The average Bonchev–Trinajstić information content (AvgIpc) is 3.08. The number of fused-ring (bicyclic) bond motifs is 1. The number of Topliss-reactive ketones (excluding diaryl/α,β-unsaturated/α-hetero) is 1. The molecule has 4 heteroatoms. The van der Waals surface area contributed by atoms with Crippen molar-refractivity contribution in [3.05, 3.63) is 71.2 Å². The first-order valence-electron chi connectivity index (χ1n) is 8.49. The van der Waals surface area contributed by atoms with E-state index in [9.17, 15) is 4.79 Å². The highest BCUT2D eigenvalue weighted by Crippen LogP contribution is 2.29. The summed E-state index contributed by atoms with van der Waals surface area (Å²) >= 11 is 0. The molecule has 1 aromatic heterocycles. The Hall–Kier alpha value is -3.01. The van der Waals surface area contributed by atoms with Gasteiger partial charge in [-0.3, -0.25) is 14.9 Å². The van der Waals surface area contributed by atoms with Crippen molar-refractivity contribution in [1.29, 1.82) is 0 Å². The molecule has 4 nitrogen and oxygen atoms in total. The van der Waals surface area contributed by atoms with E-state index in [0.717, 1.165) is 51.8 Å². The van der Waals surface area contributed by atoms with Crippen LogP contribution in [0.15, 0.2) is 59.2 Å². The predicted molar refractivity (Wildman–Crippen MR) is 101 cm³/mol. The van der Waals surface area contributed by atoms with Crippen LogP contribution in [-0.4, -0.2) is 22.2 Å². The summed E-state index contributed by atoms with van der Waals surface area (Å²) in [6, 6.07) is 15.9. The number of aliphatic imine (C=N–C) groups is 1. The van der Waals surface area contributed by atoms with Gasteiger partial charge in [-0.25, -0.2) is 0 Å². The molecule has 0 unspecified atom stereocenters. The van der Waals surface area contributed by atoms with Crippen molar-refractivity contribution in [2.24, 2.45) is 4.99 Å². The summed E-state index contributed by atoms with van der Waals surface area (Å²) in [7, 11) is 0. The summed E-state index contributed by atoms with van der Waals surface area (Å²) in [6.45, 7) is 1.98. The second-order valence-electron chi connectivity index (χ2n) is 6.37. The fourth-order valence-corrected chi connectivity index (χ4v) is 3.22. The van der Waals surface area contributed by atoms with E-state index in [4.69, 9.17) is 0 Å². The number of carbonyl (C=O) groups is 1. The molecule has 2 aromatic carbocycles. The van der Waals surface area contributed by atoms with E-state index in [1.165, 1.54) is 0 Å². The maximum absolute atomic E-state index is 12.8. The van der Waals surface area contributed by atoms with Gasteiger partial charge in [-0.2, -0.15) is 5.10 Å². The van der Waals surface area contributed by atoms with Gasteiger partial charge in [-0.05, 0) is 42.7 Å². The molecular formula is C21H19N3O. The Bertz CT molecular complexity index is 1010. The van der Waals surface area contributed by atoms with Crippen LogP contribution >= 0.6 is 0 Å². The first kappa shape index (κ1) is 15.5. The van der Waals surface area contributed by atoms with E-state index in [2.05, 4.69) is 21.3 Å². The molecule has 2 heterocycles. The molecule has 0 atom stereocenters. The van der Waals surface area contributed by atoms with Gasteiger partial charge in [0.25, 0.3) is 0 Å². The summed E-state index contributed by atoms with van der Waals surface area (Å²) in [4.78, 5) is 17.3. The minimum absolute atomic E-state index is 0.0876. The number of ketones is 1. The summed E-state index contributed by atoms with van der Waals surface area (Å²) in [5, 5.41) is 9.53. The molecule has 4 rings (SSSR count). The zero-order chi connectivity index (χ0) is 17.2. The molecular weight excluding hydrogens is 310 g/mol. The van der Waals surface area contributed by atoms with E-state index in [-0.39, 0.29) is 5.78 Å². The third-order valence-electron chi connectivity index (χ3n) is 4.53. The van der Waals surface area contributed by atoms with E-state index in [1.807, 2.05) is 55.6 Å². The number of nitrogens with one attached hydrogen (secondary N) is 1. The highest BCUT2D eigenvalue weighted by molar-refractivity contribution is 6.02. The van der Waals surface area contributed by atoms with Gasteiger partial charge < -0.3 is 0 Å². The maximum Gasteiger partial charge on any atom is 0.168 e. The number of H-pyrrole nitrogens is 1. The van der Waals surface area contributed by atoms with Gasteiger partial charge >= 0.3 is 0 Å². The lowest BCUT2D eigenvalue weighted by Gasteiger charge is -2.13. The molecule has 0 amide bonds. The summed E-state index contributed by atoms with van der Waals surface area (Å²) in [5.41, 5.74) is 4.54. The SMILES string of the molecule is Cc1cc(C2=C(CC(=O)c3ccc4ccccc4c3)N=CCC2)n[nH]1. The molecule has 0 saturated carbocycles.